The van der Waals surface area contributed by atoms with Gasteiger partial charge in [0.15, 0.2) is 0 Å². The van der Waals surface area contributed by atoms with E-state index >= 15 is 0 Å². The molecule has 0 aliphatic heterocycles. The fourth-order valence-corrected chi connectivity index (χ4v) is 1.82. The first-order chi connectivity index (χ1) is 9.38. The third-order valence-corrected chi connectivity index (χ3v) is 3.08. The Morgan fingerprint density at radius 2 is 2.15 bits per heavy atom. The van der Waals surface area contributed by atoms with Crippen molar-refractivity contribution in [1.82, 2.24) is 0 Å². The van der Waals surface area contributed by atoms with Crippen LogP contribution in [0, 0.1) is 10.1 Å². The summed E-state index contributed by atoms with van der Waals surface area (Å²) in [6.45, 7) is 3.57. The fourth-order valence-electron chi connectivity index (χ4n) is 1.82. The lowest BCUT2D eigenvalue weighted by Gasteiger charge is -2.29. The molecule has 1 atom stereocenters. The number of carboxylic acid groups (broad SMARTS) is 1. The van der Waals surface area contributed by atoms with Crippen molar-refractivity contribution < 1.29 is 19.6 Å². The van der Waals surface area contributed by atoms with Crippen LogP contribution >= 0.6 is 0 Å². The fraction of sp³-hybridized carbons (Fsp3) is 0.462. The van der Waals surface area contributed by atoms with E-state index in [2.05, 4.69) is 0 Å². The first-order valence-corrected chi connectivity index (χ1v) is 6.21. The number of carbonyl (C=O) groups is 1. The van der Waals surface area contributed by atoms with Gasteiger partial charge in [-0.05, 0) is 13.3 Å². The molecule has 1 aromatic carbocycles. The first kappa shape index (κ1) is 15.7. The number of methoxy groups -OCH3 is 1. The summed E-state index contributed by atoms with van der Waals surface area (Å²) in [5.74, 6) is -0.663. The van der Waals surface area contributed by atoms with Gasteiger partial charge in [-0.1, -0.05) is 6.92 Å². The average Bonchev–Trinajstić information content (AvgIpc) is 2.43. The van der Waals surface area contributed by atoms with Crippen molar-refractivity contribution in [3.05, 3.63) is 28.3 Å². The summed E-state index contributed by atoms with van der Waals surface area (Å²) in [5, 5.41) is 19.9. The number of nitrogens with zero attached hydrogens (tertiary/aromatic N) is 2. The van der Waals surface area contributed by atoms with Gasteiger partial charge < -0.3 is 14.7 Å². The lowest BCUT2D eigenvalue weighted by Crippen LogP contribution is -2.37. The van der Waals surface area contributed by atoms with Crippen LogP contribution in [0.1, 0.15) is 20.3 Å². The number of benzene rings is 1. The maximum Gasteiger partial charge on any atom is 0.323 e. The zero-order valence-electron chi connectivity index (χ0n) is 11.7. The Morgan fingerprint density at radius 1 is 1.50 bits per heavy atom. The van der Waals surface area contributed by atoms with Crippen molar-refractivity contribution in [2.45, 2.75) is 26.3 Å². The third-order valence-electron chi connectivity index (χ3n) is 3.08. The van der Waals surface area contributed by atoms with Crippen molar-refractivity contribution >= 4 is 17.3 Å². The third kappa shape index (κ3) is 3.84. The molecule has 0 saturated carbocycles. The molecular formula is C13H18N2O5. The monoisotopic (exact) mass is 282 g/mol. The number of nitro benzene ring substituents is 1. The van der Waals surface area contributed by atoms with Crippen LogP contribution in [0.25, 0.3) is 0 Å². The number of nitro groups is 1. The van der Waals surface area contributed by atoms with Gasteiger partial charge >= 0.3 is 5.97 Å². The largest absolute Gasteiger partial charge is 0.496 e. The Hall–Kier alpha value is -2.31. The Balaban J connectivity index is 3.27. The van der Waals surface area contributed by atoms with Crippen LogP contribution in [0.3, 0.4) is 0 Å². The van der Waals surface area contributed by atoms with Gasteiger partial charge in [0.2, 0.25) is 0 Å². The molecule has 0 aliphatic carbocycles. The summed E-state index contributed by atoms with van der Waals surface area (Å²) >= 11 is 0. The molecule has 0 amide bonds. The number of non-ortho nitro benzene ring substituents is 1. The maximum absolute atomic E-state index is 11.0. The van der Waals surface area contributed by atoms with Gasteiger partial charge in [0.1, 0.15) is 12.3 Å². The van der Waals surface area contributed by atoms with E-state index in [0.717, 1.165) is 6.42 Å². The molecule has 0 saturated heterocycles. The van der Waals surface area contributed by atoms with E-state index in [9.17, 15) is 14.9 Å². The normalized spacial score (nSPS) is 11.8. The van der Waals surface area contributed by atoms with Gasteiger partial charge in [-0.2, -0.15) is 0 Å². The molecule has 0 aliphatic rings. The number of carboxylic acids is 1. The molecule has 0 fully saturated rings. The van der Waals surface area contributed by atoms with Gasteiger partial charge in [0.05, 0.1) is 18.1 Å². The smallest absolute Gasteiger partial charge is 0.323 e. The molecule has 7 nitrogen and oxygen atoms in total. The molecule has 1 N–H and O–H groups in total. The summed E-state index contributed by atoms with van der Waals surface area (Å²) in [5.41, 5.74) is 0.339. The molecular weight excluding hydrogens is 264 g/mol. The van der Waals surface area contributed by atoms with Gasteiger partial charge in [-0.15, -0.1) is 0 Å². The molecule has 0 aromatic heterocycles. The highest BCUT2D eigenvalue weighted by Gasteiger charge is 2.20. The molecule has 1 unspecified atom stereocenters. The summed E-state index contributed by atoms with van der Waals surface area (Å²) in [4.78, 5) is 23.0. The van der Waals surface area contributed by atoms with Crippen molar-refractivity contribution in [3.63, 3.8) is 0 Å². The zero-order chi connectivity index (χ0) is 15.3. The second kappa shape index (κ2) is 6.74. The lowest BCUT2D eigenvalue weighted by atomic mass is 10.1. The van der Waals surface area contributed by atoms with Crippen LogP contribution in [0.4, 0.5) is 11.4 Å². The predicted molar refractivity (Wildman–Crippen MR) is 74.4 cm³/mol. The molecule has 110 valence electrons. The van der Waals surface area contributed by atoms with E-state index in [1.54, 1.807) is 11.0 Å². The number of hydrogen-bond donors (Lipinski definition) is 1. The minimum atomic E-state index is -0.990. The van der Waals surface area contributed by atoms with Crippen molar-refractivity contribution in [2.75, 3.05) is 18.6 Å². The topological polar surface area (TPSA) is 92.9 Å². The Bertz CT molecular complexity index is 504. The summed E-state index contributed by atoms with van der Waals surface area (Å²) < 4.78 is 5.04. The van der Waals surface area contributed by atoms with E-state index in [1.807, 2.05) is 13.8 Å². The minimum absolute atomic E-state index is 0.0576. The molecule has 1 rings (SSSR count). The van der Waals surface area contributed by atoms with E-state index in [1.165, 1.54) is 19.2 Å². The standard InChI is InChI=1S/C13H18N2O5/c1-4-9(2)14(8-13(16)17)10-5-11(15(18)19)7-12(6-10)20-3/h5-7,9H,4,8H2,1-3H3,(H,16,17). The van der Waals surface area contributed by atoms with Crippen molar-refractivity contribution in [2.24, 2.45) is 0 Å². The molecule has 1 aromatic rings. The van der Waals surface area contributed by atoms with Crippen molar-refractivity contribution in [1.29, 1.82) is 0 Å². The zero-order valence-corrected chi connectivity index (χ0v) is 11.7. The number of ether oxygens (including phenoxy) is 1. The van der Waals surface area contributed by atoms with Crippen LogP contribution in [0.15, 0.2) is 18.2 Å². The van der Waals surface area contributed by atoms with Gasteiger partial charge in [0.25, 0.3) is 5.69 Å². The number of aliphatic carboxylic acids is 1. The minimum Gasteiger partial charge on any atom is -0.496 e. The highest BCUT2D eigenvalue weighted by Crippen LogP contribution is 2.29. The van der Waals surface area contributed by atoms with E-state index < -0.39 is 10.9 Å². The van der Waals surface area contributed by atoms with Crippen LogP contribution in [-0.2, 0) is 4.79 Å². The summed E-state index contributed by atoms with van der Waals surface area (Å²) in [6.07, 6.45) is 0.721. The Kier molecular flexibility index (Phi) is 5.31. The second-order valence-electron chi connectivity index (χ2n) is 4.43. The van der Waals surface area contributed by atoms with Crippen LogP contribution in [0.2, 0.25) is 0 Å². The number of anilines is 1. The van der Waals surface area contributed by atoms with Gasteiger partial charge in [0, 0.05) is 23.9 Å². The molecule has 0 bridgehead atoms. The molecule has 7 heteroatoms. The summed E-state index contributed by atoms with van der Waals surface area (Å²) in [6, 6.07) is 4.21. The van der Waals surface area contributed by atoms with Gasteiger partial charge in [-0.3, -0.25) is 14.9 Å². The first-order valence-electron chi connectivity index (χ1n) is 6.21. The molecule has 20 heavy (non-hydrogen) atoms. The Labute approximate surface area is 116 Å². The predicted octanol–water partition coefficient (Wildman–Crippen LogP) is 2.29. The van der Waals surface area contributed by atoms with Crippen LogP contribution < -0.4 is 9.64 Å². The van der Waals surface area contributed by atoms with Gasteiger partial charge in [-0.25, -0.2) is 0 Å². The SMILES string of the molecule is CCC(C)N(CC(=O)O)c1cc(OC)cc([N+](=O)[O-])c1. The van der Waals surface area contributed by atoms with E-state index in [-0.39, 0.29) is 18.3 Å². The number of hydrogen-bond acceptors (Lipinski definition) is 5. The molecule has 0 radical (unpaired) electrons. The highest BCUT2D eigenvalue weighted by atomic mass is 16.6. The van der Waals surface area contributed by atoms with Crippen molar-refractivity contribution in [3.8, 4) is 5.75 Å². The van der Waals surface area contributed by atoms with Crippen LogP contribution in [-0.4, -0.2) is 35.7 Å². The van der Waals surface area contributed by atoms with Crippen LogP contribution in [0.5, 0.6) is 5.75 Å². The average molecular weight is 282 g/mol. The van der Waals surface area contributed by atoms with E-state index in [0.29, 0.717) is 11.4 Å². The molecule has 0 spiro atoms. The lowest BCUT2D eigenvalue weighted by molar-refractivity contribution is -0.384. The maximum atomic E-state index is 11.0. The quantitative estimate of drug-likeness (QED) is 0.609. The summed E-state index contributed by atoms with van der Waals surface area (Å²) in [7, 11) is 1.41. The molecule has 0 heterocycles. The highest BCUT2D eigenvalue weighted by molar-refractivity contribution is 5.74. The second-order valence-corrected chi connectivity index (χ2v) is 4.43. The number of rotatable bonds is 7. The Morgan fingerprint density at radius 3 is 2.60 bits per heavy atom. The van der Waals surface area contributed by atoms with E-state index in [4.69, 9.17) is 9.84 Å².